The first-order chi connectivity index (χ1) is 10.2. The summed E-state index contributed by atoms with van der Waals surface area (Å²) in [6.45, 7) is 5.82. The molecule has 124 valence electrons. The van der Waals surface area contributed by atoms with Crippen LogP contribution in [0.2, 0.25) is 0 Å². The Labute approximate surface area is 129 Å². The number of rotatable bonds is 10. The van der Waals surface area contributed by atoms with Gasteiger partial charge in [-0.1, -0.05) is 6.42 Å². The Balaban J connectivity index is 1.67. The fourth-order valence-electron chi connectivity index (χ4n) is 3.00. The number of aliphatic hydroxyl groups is 1. The number of hydrogen-bond donors (Lipinski definition) is 2. The Kier molecular flexibility index (Phi) is 7.40. The van der Waals surface area contributed by atoms with Crippen molar-refractivity contribution in [3.63, 3.8) is 0 Å². The summed E-state index contributed by atoms with van der Waals surface area (Å²) < 4.78 is 10.6. The average molecular weight is 300 g/mol. The summed E-state index contributed by atoms with van der Waals surface area (Å²) in [6.07, 6.45) is 6.09. The summed E-state index contributed by atoms with van der Waals surface area (Å²) >= 11 is 0. The lowest BCUT2D eigenvalue weighted by atomic mass is 10.0. The molecule has 1 aliphatic carbocycles. The van der Waals surface area contributed by atoms with E-state index in [2.05, 4.69) is 10.2 Å². The van der Waals surface area contributed by atoms with Gasteiger partial charge < -0.3 is 19.9 Å². The van der Waals surface area contributed by atoms with Gasteiger partial charge in [0.1, 0.15) is 0 Å². The first-order valence-electron chi connectivity index (χ1n) is 8.45. The summed E-state index contributed by atoms with van der Waals surface area (Å²) in [5.74, 6) is 0. The van der Waals surface area contributed by atoms with Gasteiger partial charge in [-0.05, 0) is 39.2 Å². The predicted octanol–water partition coefficient (Wildman–Crippen LogP) is 1.01. The number of nitrogens with zero attached hydrogens (tertiary/aromatic N) is 1. The predicted molar refractivity (Wildman–Crippen MR) is 83.5 cm³/mol. The number of likely N-dealkylation sites (tertiary alicyclic amines) is 1. The molecule has 21 heavy (non-hydrogen) atoms. The van der Waals surface area contributed by atoms with E-state index >= 15 is 0 Å². The molecule has 2 rings (SSSR count). The van der Waals surface area contributed by atoms with E-state index in [0.29, 0.717) is 19.3 Å². The standard InChI is InChI=1S/C16H32N2O3/c1-13(11-20-2)21-12-16(19)10-18-8-4-3-5-15(18)9-17-14-6-7-14/h13-17,19H,3-12H2,1-2H3. The molecule has 3 unspecified atom stereocenters. The van der Waals surface area contributed by atoms with Crippen LogP contribution in [-0.4, -0.2) is 74.3 Å². The minimum atomic E-state index is -0.411. The van der Waals surface area contributed by atoms with E-state index in [4.69, 9.17) is 9.47 Å². The lowest BCUT2D eigenvalue weighted by Crippen LogP contribution is -2.49. The van der Waals surface area contributed by atoms with Crippen LogP contribution >= 0.6 is 0 Å². The van der Waals surface area contributed by atoms with Crippen LogP contribution in [0, 0.1) is 0 Å². The van der Waals surface area contributed by atoms with Crippen LogP contribution in [-0.2, 0) is 9.47 Å². The van der Waals surface area contributed by atoms with Crippen molar-refractivity contribution in [3.05, 3.63) is 0 Å². The van der Waals surface area contributed by atoms with E-state index in [1.54, 1.807) is 7.11 Å². The summed E-state index contributed by atoms with van der Waals surface area (Å²) in [6, 6.07) is 1.34. The fraction of sp³-hybridized carbons (Fsp3) is 1.00. The van der Waals surface area contributed by atoms with Gasteiger partial charge in [-0.2, -0.15) is 0 Å². The summed E-state index contributed by atoms with van der Waals surface area (Å²) in [5, 5.41) is 13.8. The van der Waals surface area contributed by atoms with Crippen molar-refractivity contribution in [2.45, 2.75) is 63.3 Å². The molecule has 0 aromatic carbocycles. The van der Waals surface area contributed by atoms with Crippen molar-refractivity contribution in [1.29, 1.82) is 0 Å². The largest absolute Gasteiger partial charge is 0.389 e. The van der Waals surface area contributed by atoms with E-state index < -0.39 is 6.10 Å². The van der Waals surface area contributed by atoms with Crippen LogP contribution in [0.1, 0.15) is 39.0 Å². The van der Waals surface area contributed by atoms with E-state index in [9.17, 15) is 5.11 Å². The number of nitrogens with one attached hydrogen (secondary N) is 1. The van der Waals surface area contributed by atoms with Gasteiger partial charge in [0, 0.05) is 32.3 Å². The number of ether oxygens (including phenoxy) is 2. The van der Waals surface area contributed by atoms with Crippen LogP contribution in [0.3, 0.4) is 0 Å². The maximum absolute atomic E-state index is 10.2. The molecule has 3 atom stereocenters. The third-order valence-corrected chi connectivity index (χ3v) is 4.39. The van der Waals surface area contributed by atoms with E-state index in [-0.39, 0.29) is 6.10 Å². The summed E-state index contributed by atoms with van der Waals surface area (Å²) in [4.78, 5) is 2.44. The molecule has 2 aliphatic rings. The van der Waals surface area contributed by atoms with Gasteiger partial charge in [0.25, 0.3) is 0 Å². The van der Waals surface area contributed by atoms with Crippen molar-refractivity contribution in [1.82, 2.24) is 10.2 Å². The van der Waals surface area contributed by atoms with Crippen LogP contribution in [0.25, 0.3) is 0 Å². The van der Waals surface area contributed by atoms with Crippen LogP contribution in [0.4, 0.5) is 0 Å². The quantitative estimate of drug-likeness (QED) is 0.630. The monoisotopic (exact) mass is 300 g/mol. The maximum atomic E-state index is 10.2. The minimum absolute atomic E-state index is 0.0401. The van der Waals surface area contributed by atoms with Gasteiger partial charge in [-0.3, -0.25) is 4.90 Å². The first kappa shape index (κ1) is 17.2. The van der Waals surface area contributed by atoms with Crippen LogP contribution < -0.4 is 5.32 Å². The SMILES string of the molecule is COCC(C)OCC(O)CN1CCCCC1CNC1CC1. The van der Waals surface area contributed by atoms with Crippen molar-refractivity contribution in [3.8, 4) is 0 Å². The lowest BCUT2D eigenvalue weighted by molar-refractivity contribution is -0.0450. The Morgan fingerprint density at radius 1 is 1.24 bits per heavy atom. The molecule has 2 N–H and O–H groups in total. The second kappa shape index (κ2) is 9.06. The molecule has 0 bridgehead atoms. The molecule has 1 saturated heterocycles. The zero-order chi connectivity index (χ0) is 15.1. The molecule has 5 heteroatoms. The molecule has 1 aliphatic heterocycles. The Morgan fingerprint density at radius 3 is 2.76 bits per heavy atom. The van der Waals surface area contributed by atoms with Gasteiger partial charge >= 0.3 is 0 Å². The lowest BCUT2D eigenvalue weighted by Gasteiger charge is -2.37. The molecule has 0 spiro atoms. The Bertz CT molecular complexity index is 287. The highest BCUT2D eigenvalue weighted by molar-refractivity contribution is 4.86. The van der Waals surface area contributed by atoms with Gasteiger partial charge in [0.05, 0.1) is 25.4 Å². The molecular formula is C16H32N2O3. The molecule has 1 saturated carbocycles. The van der Waals surface area contributed by atoms with Gasteiger partial charge in [0.15, 0.2) is 0 Å². The van der Waals surface area contributed by atoms with Crippen LogP contribution in [0.5, 0.6) is 0 Å². The number of β-amino-alcohol motifs (C(OH)–C–C–N with tert-alkyl or cyclic N) is 1. The second-order valence-electron chi connectivity index (χ2n) is 6.58. The van der Waals surface area contributed by atoms with E-state index in [0.717, 1.165) is 25.7 Å². The van der Waals surface area contributed by atoms with Gasteiger partial charge in [-0.25, -0.2) is 0 Å². The van der Waals surface area contributed by atoms with Crippen molar-refractivity contribution < 1.29 is 14.6 Å². The maximum Gasteiger partial charge on any atom is 0.0900 e. The van der Waals surface area contributed by atoms with Crippen molar-refractivity contribution in [2.24, 2.45) is 0 Å². The average Bonchev–Trinajstić information content (AvgIpc) is 3.29. The zero-order valence-electron chi connectivity index (χ0n) is 13.6. The molecule has 5 nitrogen and oxygen atoms in total. The normalized spacial score (nSPS) is 26.7. The second-order valence-corrected chi connectivity index (χ2v) is 6.58. The highest BCUT2D eigenvalue weighted by Crippen LogP contribution is 2.21. The fourth-order valence-corrected chi connectivity index (χ4v) is 3.00. The Morgan fingerprint density at radius 2 is 2.05 bits per heavy atom. The summed E-state index contributed by atoms with van der Waals surface area (Å²) in [7, 11) is 1.67. The van der Waals surface area contributed by atoms with E-state index in [1.807, 2.05) is 6.92 Å². The number of piperidine rings is 1. The zero-order valence-corrected chi connectivity index (χ0v) is 13.6. The van der Waals surface area contributed by atoms with Crippen molar-refractivity contribution in [2.75, 3.05) is 40.0 Å². The third kappa shape index (κ3) is 6.61. The summed E-state index contributed by atoms with van der Waals surface area (Å²) in [5.41, 5.74) is 0. The molecule has 2 fully saturated rings. The van der Waals surface area contributed by atoms with Gasteiger partial charge in [-0.15, -0.1) is 0 Å². The Hall–Kier alpha value is -0.200. The van der Waals surface area contributed by atoms with Gasteiger partial charge in [0.2, 0.25) is 0 Å². The van der Waals surface area contributed by atoms with Crippen LogP contribution in [0.15, 0.2) is 0 Å². The van der Waals surface area contributed by atoms with E-state index in [1.165, 1.54) is 32.1 Å². The minimum Gasteiger partial charge on any atom is -0.389 e. The molecular weight excluding hydrogens is 268 g/mol. The smallest absolute Gasteiger partial charge is 0.0900 e. The number of aliphatic hydroxyl groups excluding tert-OH is 1. The number of hydrogen-bond acceptors (Lipinski definition) is 5. The number of methoxy groups -OCH3 is 1. The topological polar surface area (TPSA) is 54.0 Å². The molecule has 0 aromatic rings. The molecule has 0 aromatic heterocycles. The molecule has 0 amide bonds. The highest BCUT2D eigenvalue weighted by atomic mass is 16.5. The highest BCUT2D eigenvalue weighted by Gasteiger charge is 2.27. The first-order valence-corrected chi connectivity index (χ1v) is 8.45. The van der Waals surface area contributed by atoms with Crippen molar-refractivity contribution >= 4 is 0 Å². The molecule has 1 heterocycles. The molecule has 0 radical (unpaired) electrons. The third-order valence-electron chi connectivity index (χ3n) is 4.39.